The van der Waals surface area contributed by atoms with Crippen LogP contribution in [0.5, 0.6) is 0 Å². The lowest BCUT2D eigenvalue weighted by Gasteiger charge is -2.21. The first kappa shape index (κ1) is 13.4. The summed E-state index contributed by atoms with van der Waals surface area (Å²) in [6.45, 7) is 2.85. The first-order chi connectivity index (χ1) is 8.66. The van der Waals surface area contributed by atoms with Gasteiger partial charge >= 0.3 is 0 Å². The van der Waals surface area contributed by atoms with Gasteiger partial charge in [0.15, 0.2) is 0 Å². The minimum absolute atomic E-state index is 0.0959. The van der Waals surface area contributed by atoms with Crippen molar-refractivity contribution in [3.8, 4) is 0 Å². The van der Waals surface area contributed by atoms with Gasteiger partial charge < -0.3 is 5.32 Å². The van der Waals surface area contributed by atoms with E-state index in [2.05, 4.69) is 17.6 Å². The van der Waals surface area contributed by atoms with Gasteiger partial charge in [-0.1, -0.05) is 23.7 Å². The Bertz CT molecular complexity index is 422. The number of carbonyl (C=O) groups excluding carboxylic acids is 1. The maximum atomic E-state index is 11.8. The Morgan fingerprint density at radius 2 is 2.28 bits per heavy atom. The highest BCUT2D eigenvalue weighted by Gasteiger charge is 2.22. The number of hydrogen-bond donors (Lipinski definition) is 2. The van der Waals surface area contributed by atoms with Crippen LogP contribution in [0.4, 0.5) is 0 Å². The van der Waals surface area contributed by atoms with E-state index in [-0.39, 0.29) is 18.0 Å². The van der Waals surface area contributed by atoms with Crippen molar-refractivity contribution in [3.63, 3.8) is 0 Å². The molecule has 1 heterocycles. The minimum Gasteiger partial charge on any atom is -0.355 e. The highest BCUT2D eigenvalue weighted by Crippen LogP contribution is 2.19. The lowest BCUT2D eigenvalue weighted by Crippen LogP contribution is -2.43. The van der Waals surface area contributed by atoms with Gasteiger partial charge in [0.05, 0.1) is 6.04 Å². The number of carbonyl (C=O) groups is 1. The van der Waals surface area contributed by atoms with Crippen LogP contribution in [0.3, 0.4) is 0 Å². The molecule has 1 unspecified atom stereocenters. The SMILES string of the molecule is C[C@@H](NC1CCCCNC1=O)c1cccc(Cl)c1. The van der Waals surface area contributed by atoms with E-state index in [9.17, 15) is 4.79 Å². The second kappa shape index (κ2) is 6.21. The molecule has 3 nitrogen and oxygen atoms in total. The molecule has 1 aliphatic rings. The molecule has 1 aromatic carbocycles. The largest absolute Gasteiger partial charge is 0.355 e. The van der Waals surface area contributed by atoms with Crippen molar-refractivity contribution in [2.75, 3.05) is 6.54 Å². The first-order valence-electron chi connectivity index (χ1n) is 6.46. The zero-order chi connectivity index (χ0) is 13.0. The van der Waals surface area contributed by atoms with E-state index in [1.54, 1.807) is 0 Å². The molecular weight excluding hydrogens is 248 g/mol. The fourth-order valence-electron chi connectivity index (χ4n) is 2.27. The van der Waals surface area contributed by atoms with Gasteiger partial charge in [0.2, 0.25) is 5.91 Å². The molecule has 0 bridgehead atoms. The number of rotatable bonds is 3. The molecule has 1 aliphatic heterocycles. The Morgan fingerprint density at radius 3 is 3.06 bits per heavy atom. The topological polar surface area (TPSA) is 41.1 Å². The monoisotopic (exact) mass is 266 g/mol. The lowest BCUT2D eigenvalue weighted by molar-refractivity contribution is -0.123. The molecule has 1 aromatic rings. The number of halogens is 1. The lowest BCUT2D eigenvalue weighted by atomic mass is 10.1. The molecule has 2 N–H and O–H groups in total. The third-order valence-electron chi connectivity index (χ3n) is 3.34. The highest BCUT2D eigenvalue weighted by atomic mass is 35.5. The maximum Gasteiger partial charge on any atom is 0.237 e. The predicted octanol–water partition coefficient (Wildman–Crippen LogP) is 2.66. The van der Waals surface area contributed by atoms with Crippen LogP contribution < -0.4 is 10.6 Å². The van der Waals surface area contributed by atoms with Gasteiger partial charge in [-0.2, -0.15) is 0 Å². The summed E-state index contributed by atoms with van der Waals surface area (Å²) in [6, 6.07) is 7.78. The van der Waals surface area contributed by atoms with Gasteiger partial charge in [0.1, 0.15) is 0 Å². The summed E-state index contributed by atoms with van der Waals surface area (Å²) in [7, 11) is 0. The van der Waals surface area contributed by atoms with Crippen LogP contribution in [-0.2, 0) is 4.79 Å². The molecular formula is C14H19ClN2O. The Kier molecular flexibility index (Phi) is 4.61. The second-order valence-electron chi connectivity index (χ2n) is 4.78. The Hall–Kier alpha value is -1.06. The molecule has 98 valence electrons. The van der Waals surface area contributed by atoms with Gasteiger partial charge in [0, 0.05) is 17.6 Å². The first-order valence-corrected chi connectivity index (χ1v) is 6.84. The predicted molar refractivity (Wildman–Crippen MR) is 73.7 cm³/mol. The van der Waals surface area contributed by atoms with Crippen LogP contribution in [-0.4, -0.2) is 18.5 Å². The number of benzene rings is 1. The second-order valence-corrected chi connectivity index (χ2v) is 5.22. The average Bonchev–Trinajstić information content (AvgIpc) is 2.55. The van der Waals surface area contributed by atoms with Crippen LogP contribution >= 0.6 is 11.6 Å². The van der Waals surface area contributed by atoms with Crippen LogP contribution in [0.1, 0.15) is 37.8 Å². The Morgan fingerprint density at radius 1 is 1.44 bits per heavy atom. The quantitative estimate of drug-likeness (QED) is 0.883. The fourth-order valence-corrected chi connectivity index (χ4v) is 2.47. The molecule has 0 spiro atoms. The molecule has 4 heteroatoms. The average molecular weight is 267 g/mol. The summed E-state index contributed by atoms with van der Waals surface area (Å²) in [5.74, 6) is 0.112. The zero-order valence-electron chi connectivity index (χ0n) is 10.6. The van der Waals surface area contributed by atoms with Gasteiger partial charge in [-0.3, -0.25) is 10.1 Å². The van der Waals surface area contributed by atoms with E-state index < -0.39 is 0 Å². The van der Waals surface area contributed by atoms with Crippen LogP contribution in [0.2, 0.25) is 5.02 Å². The third-order valence-corrected chi connectivity index (χ3v) is 3.57. The standard InChI is InChI=1S/C14H19ClN2O/c1-10(11-5-4-6-12(15)9-11)17-13-7-2-3-8-16-14(13)18/h4-6,9-10,13,17H,2-3,7-8H2,1H3,(H,16,18)/t10-,13?/m1/s1. The number of hydrogen-bond acceptors (Lipinski definition) is 2. The Labute approximate surface area is 113 Å². The van der Waals surface area contributed by atoms with Crippen molar-refractivity contribution in [1.82, 2.24) is 10.6 Å². The molecule has 0 radical (unpaired) electrons. The van der Waals surface area contributed by atoms with Crippen molar-refractivity contribution in [2.24, 2.45) is 0 Å². The molecule has 1 amide bonds. The fraction of sp³-hybridized carbons (Fsp3) is 0.500. The van der Waals surface area contributed by atoms with Gasteiger partial charge in [-0.25, -0.2) is 0 Å². The van der Waals surface area contributed by atoms with Gasteiger partial charge in [-0.05, 0) is 43.9 Å². The normalized spacial score (nSPS) is 22.1. The summed E-state index contributed by atoms with van der Waals surface area (Å²) in [5, 5.41) is 7.04. The number of amides is 1. The van der Waals surface area contributed by atoms with E-state index in [0.29, 0.717) is 0 Å². The van der Waals surface area contributed by atoms with Crippen molar-refractivity contribution < 1.29 is 4.79 Å². The molecule has 0 saturated carbocycles. The molecule has 1 saturated heterocycles. The minimum atomic E-state index is -0.0959. The molecule has 2 atom stereocenters. The van der Waals surface area contributed by atoms with Gasteiger partial charge in [-0.15, -0.1) is 0 Å². The summed E-state index contributed by atoms with van der Waals surface area (Å²) in [4.78, 5) is 11.8. The maximum absolute atomic E-state index is 11.8. The molecule has 0 aromatic heterocycles. The smallest absolute Gasteiger partial charge is 0.237 e. The summed E-state index contributed by atoms with van der Waals surface area (Å²) in [6.07, 6.45) is 3.05. The van der Waals surface area contributed by atoms with Crippen molar-refractivity contribution in [1.29, 1.82) is 0 Å². The number of nitrogens with one attached hydrogen (secondary N) is 2. The molecule has 18 heavy (non-hydrogen) atoms. The third kappa shape index (κ3) is 3.47. The van der Waals surface area contributed by atoms with Crippen molar-refractivity contribution in [3.05, 3.63) is 34.9 Å². The highest BCUT2D eigenvalue weighted by molar-refractivity contribution is 6.30. The molecule has 1 fully saturated rings. The Balaban J connectivity index is 2.01. The van der Waals surface area contributed by atoms with E-state index >= 15 is 0 Å². The van der Waals surface area contributed by atoms with Gasteiger partial charge in [0.25, 0.3) is 0 Å². The van der Waals surface area contributed by atoms with Crippen LogP contribution in [0, 0.1) is 0 Å². The summed E-state index contributed by atoms with van der Waals surface area (Å²) < 4.78 is 0. The van der Waals surface area contributed by atoms with Crippen molar-refractivity contribution in [2.45, 2.75) is 38.3 Å². The van der Waals surface area contributed by atoms with Crippen molar-refractivity contribution >= 4 is 17.5 Å². The van der Waals surface area contributed by atoms with E-state index in [4.69, 9.17) is 11.6 Å². The van der Waals surface area contributed by atoms with E-state index in [1.807, 2.05) is 24.3 Å². The summed E-state index contributed by atoms with van der Waals surface area (Å²) >= 11 is 5.98. The summed E-state index contributed by atoms with van der Waals surface area (Å²) in [5.41, 5.74) is 1.11. The van der Waals surface area contributed by atoms with E-state index in [1.165, 1.54) is 0 Å². The molecule has 2 rings (SSSR count). The zero-order valence-corrected chi connectivity index (χ0v) is 11.3. The van der Waals surface area contributed by atoms with Crippen LogP contribution in [0.25, 0.3) is 0 Å². The molecule has 0 aliphatic carbocycles. The van der Waals surface area contributed by atoms with E-state index in [0.717, 1.165) is 36.4 Å². The van der Waals surface area contributed by atoms with Crippen LogP contribution in [0.15, 0.2) is 24.3 Å².